The Morgan fingerprint density at radius 2 is 2.00 bits per heavy atom. The van der Waals surface area contributed by atoms with Gasteiger partial charge < -0.3 is 5.11 Å². The molecule has 0 amide bonds. The monoisotopic (exact) mass is 202 g/mol. The topological polar surface area (TPSA) is 37.3 Å². The van der Waals surface area contributed by atoms with E-state index in [2.05, 4.69) is 13.8 Å². The smallest absolute Gasteiger partial charge is 0.335 e. The Bertz CT molecular complexity index is 442. The normalized spacial score (nSPS) is 17.9. The molecular weight excluding hydrogens is 188 g/mol. The van der Waals surface area contributed by atoms with Crippen molar-refractivity contribution < 1.29 is 9.90 Å². The molecule has 0 aliphatic heterocycles. The second-order valence-electron chi connectivity index (χ2n) is 4.56. The predicted octanol–water partition coefficient (Wildman–Crippen LogP) is 2.84. The quantitative estimate of drug-likeness (QED) is 0.760. The van der Waals surface area contributed by atoms with Crippen LogP contribution in [0.15, 0.2) is 30.3 Å². The van der Waals surface area contributed by atoms with E-state index in [1.807, 2.05) is 30.3 Å². The second-order valence-corrected chi connectivity index (χ2v) is 4.56. The van der Waals surface area contributed by atoms with Crippen LogP contribution in [0.1, 0.15) is 31.4 Å². The van der Waals surface area contributed by atoms with Crippen LogP contribution in [0, 0.1) is 0 Å². The van der Waals surface area contributed by atoms with Crippen molar-refractivity contribution in [2.45, 2.75) is 25.7 Å². The van der Waals surface area contributed by atoms with Crippen molar-refractivity contribution in [3.63, 3.8) is 0 Å². The van der Waals surface area contributed by atoms with E-state index in [0.29, 0.717) is 5.57 Å². The number of carboxylic acids is 1. The summed E-state index contributed by atoms with van der Waals surface area (Å²) in [4.78, 5) is 11.1. The highest BCUT2D eigenvalue weighted by Crippen LogP contribution is 2.38. The molecule has 0 fully saturated rings. The molecule has 0 bridgehead atoms. The SMILES string of the molecule is CC1(C)CC=C(C(=O)O)c2ccccc21. The molecule has 0 saturated carbocycles. The van der Waals surface area contributed by atoms with Gasteiger partial charge in [0.2, 0.25) is 0 Å². The zero-order valence-corrected chi connectivity index (χ0v) is 8.95. The van der Waals surface area contributed by atoms with Crippen molar-refractivity contribution >= 4 is 11.5 Å². The Morgan fingerprint density at radius 1 is 1.33 bits per heavy atom. The molecule has 78 valence electrons. The fourth-order valence-corrected chi connectivity index (χ4v) is 2.09. The number of hydrogen-bond donors (Lipinski definition) is 1. The van der Waals surface area contributed by atoms with Gasteiger partial charge in [0.05, 0.1) is 5.57 Å². The number of allylic oxidation sites excluding steroid dienone is 1. The summed E-state index contributed by atoms with van der Waals surface area (Å²) in [7, 11) is 0. The van der Waals surface area contributed by atoms with Gasteiger partial charge in [-0.25, -0.2) is 4.79 Å². The summed E-state index contributed by atoms with van der Waals surface area (Å²) in [5.41, 5.74) is 2.46. The molecule has 0 atom stereocenters. The first-order valence-electron chi connectivity index (χ1n) is 5.06. The van der Waals surface area contributed by atoms with Crippen LogP contribution >= 0.6 is 0 Å². The number of rotatable bonds is 1. The van der Waals surface area contributed by atoms with Crippen LogP contribution in [0.25, 0.3) is 5.57 Å². The zero-order chi connectivity index (χ0) is 11.1. The van der Waals surface area contributed by atoms with Gasteiger partial charge in [0.1, 0.15) is 0 Å². The minimum absolute atomic E-state index is 0.0372. The van der Waals surface area contributed by atoms with Crippen LogP contribution in [0.4, 0.5) is 0 Å². The third-order valence-electron chi connectivity index (χ3n) is 2.99. The van der Waals surface area contributed by atoms with E-state index in [0.717, 1.165) is 17.5 Å². The summed E-state index contributed by atoms with van der Waals surface area (Å²) in [5.74, 6) is -0.835. The van der Waals surface area contributed by atoms with E-state index < -0.39 is 5.97 Å². The summed E-state index contributed by atoms with van der Waals surface area (Å²) < 4.78 is 0. The van der Waals surface area contributed by atoms with Crippen molar-refractivity contribution in [1.29, 1.82) is 0 Å². The summed E-state index contributed by atoms with van der Waals surface area (Å²) in [6.07, 6.45) is 2.61. The van der Waals surface area contributed by atoms with Crippen LogP contribution in [0.3, 0.4) is 0 Å². The van der Waals surface area contributed by atoms with Gasteiger partial charge in [-0.15, -0.1) is 0 Å². The molecule has 0 unspecified atom stereocenters. The molecule has 1 aliphatic rings. The van der Waals surface area contributed by atoms with Crippen LogP contribution in [0.2, 0.25) is 0 Å². The Kier molecular flexibility index (Phi) is 2.14. The van der Waals surface area contributed by atoms with Crippen molar-refractivity contribution in [2.24, 2.45) is 0 Å². The second kappa shape index (κ2) is 3.23. The molecule has 1 aromatic carbocycles. The summed E-state index contributed by atoms with van der Waals surface area (Å²) in [6, 6.07) is 7.75. The molecule has 1 N–H and O–H groups in total. The molecular formula is C13H14O2. The van der Waals surface area contributed by atoms with Gasteiger partial charge in [-0.1, -0.05) is 44.2 Å². The lowest BCUT2D eigenvalue weighted by molar-refractivity contribution is -0.130. The molecule has 0 spiro atoms. The van der Waals surface area contributed by atoms with Gasteiger partial charge >= 0.3 is 5.97 Å². The number of carbonyl (C=O) groups is 1. The fraction of sp³-hybridized carbons (Fsp3) is 0.308. The lowest BCUT2D eigenvalue weighted by atomic mass is 9.73. The molecule has 0 radical (unpaired) electrons. The Morgan fingerprint density at radius 3 is 2.67 bits per heavy atom. The van der Waals surface area contributed by atoms with E-state index in [4.69, 9.17) is 5.11 Å². The first-order valence-corrected chi connectivity index (χ1v) is 5.06. The Hall–Kier alpha value is -1.57. The van der Waals surface area contributed by atoms with E-state index in [1.165, 1.54) is 0 Å². The van der Waals surface area contributed by atoms with Crippen molar-refractivity contribution in [1.82, 2.24) is 0 Å². The lowest BCUT2D eigenvalue weighted by Gasteiger charge is -2.30. The minimum atomic E-state index is -0.835. The largest absolute Gasteiger partial charge is 0.478 e. The van der Waals surface area contributed by atoms with Crippen molar-refractivity contribution in [3.8, 4) is 0 Å². The predicted molar refractivity (Wildman–Crippen MR) is 59.7 cm³/mol. The molecule has 2 nitrogen and oxygen atoms in total. The van der Waals surface area contributed by atoms with Gasteiger partial charge in [0.25, 0.3) is 0 Å². The third kappa shape index (κ3) is 1.56. The number of fused-ring (bicyclic) bond motifs is 1. The first kappa shape index (κ1) is 9.97. The van der Waals surface area contributed by atoms with Gasteiger partial charge in [-0.3, -0.25) is 0 Å². The molecule has 1 aliphatic carbocycles. The van der Waals surface area contributed by atoms with Crippen LogP contribution < -0.4 is 0 Å². The molecule has 0 saturated heterocycles. The number of hydrogen-bond acceptors (Lipinski definition) is 1. The maximum atomic E-state index is 11.1. The molecule has 0 aromatic heterocycles. The standard InChI is InChI=1S/C13H14O2/c1-13(2)8-7-10(12(14)15)9-5-3-4-6-11(9)13/h3-7H,8H2,1-2H3,(H,14,15). The van der Waals surface area contributed by atoms with Gasteiger partial charge in [-0.05, 0) is 23.0 Å². The highest BCUT2D eigenvalue weighted by molar-refractivity contribution is 6.16. The fourth-order valence-electron chi connectivity index (χ4n) is 2.09. The van der Waals surface area contributed by atoms with Crippen molar-refractivity contribution in [2.75, 3.05) is 0 Å². The van der Waals surface area contributed by atoms with Crippen molar-refractivity contribution in [3.05, 3.63) is 41.5 Å². The summed E-state index contributed by atoms with van der Waals surface area (Å²) >= 11 is 0. The maximum absolute atomic E-state index is 11.1. The van der Waals surface area contributed by atoms with E-state index >= 15 is 0 Å². The average molecular weight is 202 g/mol. The Balaban J connectivity index is 2.63. The summed E-state index contributed by atoms with van der Waals surface area (Å²) in [5, 5.41) is 9.09. The number of aliphatic carboxylic acids is 1. The molecule has 2 heteroatoms. The first-order chi connectivity index (χ1) is 7.02. The van der Waals surface area contributed by atoms with Crippen LogP contribution in [-0.4, -0.2) is 11.1 Å². The summed E-state index contributed by atoms with van der Waals surface area (Å²) in [6.45, 7) is 4.28. The van der Waals surface area contributed by atoms with Gasteiger partial charge in [0, 0.05) is 0 Å². The van der Waals surface area contributed by atoms with Crippen LogP contribution in [0.5, 0.6) is 0 Å². The van der Waals surface area contributed by atoms with Crippen LogP contribution in [-0.2, 0) is 10.2 Å². The molecule has 15 heavy (non-hydrogen) atoms. The number of benzene rings is 1. The minimum Gasteiger partial charge on any atom is -0.478 e. The highest BCUT2D eigenvalue weighted by atomic mass is 16.4. The maximum Gasteiger partial charge on any atom is 0.335 e. The molecule has 0 heterocycles. The van der Waals surface area contributed by atoms with E-state index in [1.54, 1.807) is 0 Å². The molecule has 2 rings (SSSR count). The van der Waals surface area contributed by atoms with Gasteiger partial charge in [0.15, 0.2) is 0 Å². The lowest BCUT2D eigenvalue weighted by Crippen LogP contribution is -2.23. The number of carboxylic acid groups (broad SMARTS) is 1. The zero-order valence-electron chi connectivity index (χ0n) is 8.95. The Labute approximate surface area is 89.2 Å². The molecule has 1 aromatic rings. The highest BCUT2D eigenvalue weighted by Gasteiger charge is 2.29. The van der Waals surface area contributed by atoms with E-state index in [9.17, 15) is 4.79 Å². The third-order valence-corrected chi connectivity index (χ3v) is 2.99. The van der Waals surface area contributed by atoms with Gasteiger partial charge in [-0.2, -0.15) is 0 Å². The van der Waals surface area contributed by atoms with E-state index in [-0.39, 0.29) is 5.41 Å². The average Bonchev–Trinajstić information content (AvgIpc) is 2.17.